The number of hydrogen-bond acceptors (Lipinski definition) is 6. The highest BCUT2D eigenvalue weighted by Gasteiger charge is 2.14. The van der Waals surface area contributed by atoms with Crippen LogP contribution in [0.2, 0.25) is 0 Å². The van der Waals surface area contributed by atoms with E-state index in [9.17, 15) is 18.4 Å². The van der Waals surface area contributed by atoms with Gasteiger partial charge in [-0.15, -0.1) is 0 Å². The maximum absolute atomic E-state index is 12.1. The van der Waals surface area contributed by atoms with Crippen molar-refractivity contribution in [1.82, 2.24) is 0 Å². The fraction of sp³-hybridized carbons (Fsp3) is 0.263. The van der Waals surface area contributed by atoms with Gasteiger partial charge >= 0.3 is 12.6 Å². The number of amides is 1. The van der Waals surface area contributed by atoms with Gasteiger partial charge in [0.1, 0.15) is 5.75 Å². The molecule has 2 aromatic rings. The molecule has 0 atom stereocenters. The van der Waals surface area contributed by atoms with E-state index >= 15 is 0 Å². The Balaban J connectivity index is 1.90. The number of ether oxygens (including phenoxy) is 4. The van der Waals surface area contributed by atoms with Crippen molar-refractivity contribution in [2.24, 2.45) is 0 Å². The first-order valence-electron chi connectivity index (χ1n) is 8.25. The molecule has 0 unspecified atom stereocenters. The largest absolute Gasteiger partial charge is 0.493 e. The van der Waals surface area contributed by atoms with Gasteiger partial charge in [0, 0.05) is 5.69 Å². The summed E-state index contributed by atoms with van der Waals surface area (Å²) in [5, 5.41) is 2.48. The molecular weight excluding hydrogens is 376 g/mol. The average molecular weight is 395 g/mol. The van der Waals surface area contributed by atoms with E-state index in [0.29, 0.717) is 23.8 Å². The molecule has 7 nitrogen and oxygen atoms in total. The Kier molecular flexibility index (Phi) is 7.55. The SMILES string of the molecule is CCOc1cc(C(=O)OCC(=O)Nc2ccc(OC(F)F)cc2)ccc1OC. The Hall–Kier alpha value is -3.36. The number of hydrogen-bond donors (Lipinski definition) is 1. The lowest BCUT2D eigenvalue weighted by molar-refractivity contribution is -0.119. The van der Waals surface area contributed by atoms with Gasteiger partial charge in [-0.2, -0.15) is 8.78 Å². The van der Waals surface area contributed by atoms with Crippen LogP contribution in [0.25, 0.3) is 0 Å². The molecule has 0 aliphatic carbocycles. The van der Waals surface area contributed by atoms with Gasteiger partial charge in [-0.1, -0.05) is 0 Å². The lowest BCUT2D eigenvalue weighted by atomic mass is 10.2. The Morgan fingerprint density at radius 3 is 2.39 bits per heavy atom. The molecule has 1 N–H and O–H groups in total. The zero-order valence-electron chi connectivity index (χ0n) is 15.2. The summed E-state index contributed by atoms with van der Waals surface area (Å²) in [6, 6.07) is 9.84. The van der Waals surface area contributed by atoms with Crippen molar-refractivity contribution < 1.29 is 37.3 Å². The number of carbonyl (C=O) groups excluding carboxylic acids is 2. The summed E-state index contributed by atoms with van der Waals surface area (Å²) in [5.41, 5.74) is 0.538. The second-order valence-corrected chi connectivity index (χ2v) is 5.33. The summed E-state index contributed by atoms with van der Waals surface area (Å²) in [6.45, 7) is -1.27. The number of rotatable bonds is 9. The molecule has 0 bridgehead atoms. The number of nitrogens with one attached hydrogen (secondary N) is 1. The third kappa shape index (κ3) is 6.11. The number of anilines is 1. The predicted molar refractivity (Wildman–Crippen MR) is 96.1 cm³/mol. The lowest BCUT2D eigenvalue weighted by Crippen LogP contribution is -2.21. The van der Waals surface area contributed by atoms with Crippen LogP contribution in [-0.4, -0.2) is 38.8 Å². The zero-order chi connectivity index (χ0) is 20.5. The van der Waals surface area contributed by atoms with Gasteiger partial charge in [-0.05, 0) is 49.4 Å². The van der Waals surface area contributed by atoms with Crippen LogP contribution < -0.4 is 19.5 Å². The molecule has 0 spiro atoms. The summed E-state index contributed by atoms with van der Waals surface area (Å²) in [6.07, 6.45) is 0. The van der Waals surface area contributed by atoms with Crippen LogP contribution in [0.3, 0.4) is 0 Å². The summed E-state index contributed by atoms with van der Waals surface area (Å²) in [7, 11) is 1.48. The first-order valence-corrected chi connectivity index (χ1v) is 8.25. The van der Waals surface area contributed by atoms with Crippen molar-refractivity contribution in [3.8, 4) is 17.2 Å². The molecule has 150 valence electrons. The Morgan fingerprint density at radius 1 is 1.07 bits per heavy atom. The van der Waals surface area contributed by atoms with Gasteiger partial charge in [0.05, 0.1) is 19.3 Å². The van der Waals surface area contributed by atoms with E-state index in [1.54, 1.807) is 13.0 Å². The number of esters is 1. The molecule has 0 aliphatic rings. The zero-order valence-corrected chi connectivity index (χ0v) is 15.2. The quantitative estimate of drug-likeness (QED) is 0.655. The molecule has 0 saturated heterocycles. The molecule has 0 aromatic heterocycles. The van der Waals surface area contributed by atoms with Crippen LogP contribution >= 0.6 is 0 Å². The summed E-state index contributed by atoms with van der Waals surface area (Å²) < 4.78 is 43.9. The van der Waals surface area contributed by atoms with E-state index in [1.807, 2.05) is 0 Å². The van der Waals surface area contributed by atoms with Crippen molar-refractivity contribution in [1.29, 1.82) is 0 Å². The highest BCUT2D eigenvalue weighted by Crippen LogP contribution is 2.28. The van der Waals surface area contributed by atoms with Crippen LogP contribution in [0.1, 0.15) is 17.3 Å². The highest BCUT2D eigenvalue weighted by molar-refractivity contribution is 5.95. The van der Waals surface area contributed by atoms with Gasteiger partial charge < -0.3 is 24.3 Å². The minimum atomic E-state index is -2.93. The van der Waals surface area contributed by atoms with Crippen LogP contribution in [0.5, 0.6) is 17.2 Å². The second-order valence-electron chi connectivity index (χ2n) is 5.33. The Bertz CT molecular complexity index is 811. The first kappa shape index (κ1) is 20.9. The molecule has 0 aliphatic heterocycles. The van der Waals surface area contributed by atoms with Crippen molar-refractivity contribution in [2.75, 3.05) is 25.6 Å². The number of carbonyl (C=O) groups is 2. The molecule has 0 saturated carbocycles. The van der Waals surface area contributed by atoms with Crippen LogP contribution in [0.15, 0.2) is 42.5 Å². The summed E-state index contributed by atoms with van der Waals surface area (Å²) in [4.78, 5) is 24.0. The van der Waals surface area contributed by atoms with Gasteiger partial charge in [-0.25, -0.2) is 4.79 Å². The molecule has 2 aromatic carbocycles. The number of alkyl halides is 2. The van der Waals surface area contributed by atoms with E-state index < -0.39 is 25.1 Å². The smallest absolute Gasteiger partial charge is 0.387 e. The fourth-order valence-corrected chi connectivity index (χ4v) is 2.20. The van der Waals surface area contributed by atoms with Crippen LogP contribution in [0.4, 0.5) is 14.5 Å². The van der Waals surface area contributed by atoms with Crippen molar-refractivity contribution in [3.05, 3.63) is 48.0 Å². The molecule has 28 heavy (non-hydrogen) atoms. The molecule has 9 heteroatoms. The minimum Gasteiger partial charge on any atom is -0.493 e. The molecule has 0 radical (unpaired) electrons. The van der Waals surface area contributed by atoms with Crippen molar-refractivity contribution in [3.63, 3.8) is 0 Å². The Morgan fingerprint density at radius 2 is 1.79 bits per heavy atom. The number of benzene rings is 2. The van der Waals surface area contributed by atoms with Gasteiger partial charge in [0.2, 0.25) is 0 Å². The van der Waals surface area contributed by atoms with Crippen molar-refractivity contribution >= 4 is 17.6 Å². The number of methoxy groups -OCH3 is 1. The first-order chi connectivity index (χ1) is 13.4. The maximum atomic E-state index is 12.1. The lowest BCUT2D eigenvalue weighted by Gasteiger charge is -2.11. The topological polar surface area (TPSA) is 83.1 Å². The molecule has 0 heterocycles. The number of halogens is 2. The Labute approximate surface area is 160 Å². The van der Waals surface area contributed by atoms with E-state index in [2.05, 4.69) is 10.1 Å². The van der Waals surface area contributed by atoms with E-state index in [1.165, 1.54) is 43.5 Å². The van der Waals surface area contributed by atoms with Gasteiger partial charge in [0.25, 0.3) is 5.91 Å². The van der Waals surface area contributed by atoms with Crippen LogP contribution in [0, 0.1) is 0 Å². The molecule has 0 fully saturated rings. The fourth-order valence-electron chi connectivity index (χ4n) is 2.20. The normalized spacial score (nSPS) is 10.3. The average Bonchev–Trinajstić information content (AvgIpc) is 2.67. The molecule has 1 amide bonds. The minimum absolute atomic E-state index is 0.0379. The van der Waals surface area contributed by atoms with E-state index in [0.717, 1.165) is 0 Å². The van der Waals surface area contributed by atoms with Gasteiger partial charge in [0.15, 0.2) is 18.1 Å². The van der Waals surface area contributed by atoms with Gasteiger partial charge in [-0.3, -0.25) is 4.79 Å². The highest BCUT2D eigenvalue weighted by atomic mass is 19.3. The predicted octanol–water partition coefficient (Wildman–Crippen LogP) is 3.49. The standard InChI is InChI=1S/C19H19F2NO6/c1-3-26-16-10-12(4-9-15(16)25-2)18(24)27-11-17(23)22-13-5-7-14(8-6-13)28-19(20)21/h4-10,19H,3,11H2,1-2H3,(H,22,23). The van der Waals surface area contributed by atoms with Crippen molar-refractivity contribution in [2.45, 2.75) is 13.5 Å². The monoisotopic (exact) mass is 395 g/mol. The summed E-state index contributed by atoms with van der Waals surface area (Å²) in [5.74, 6) is -0.483. The molecule has 2 rings (SSSR count). The molecular formula is C19H19F2NO6. The second kappa shape index (κ2) is 10.1. The summed E-state index contributed by atoms with van der Waals surface area (Å²) >= 11 is 0. The van der Waals surface area contributed by atoms with E-state index in [-0.39, 0.29) is 11.3 Å². The third-order valence-corrected chi connectivity index (χ3v) is 3.40. The third-order valence-electron chi connectivity index (χ3n) is 3.40. The van der Waals surface area contributed by atoms with E-state index in [4.69, 9.17) is 14.2 Å². The maximum Gasteiger partial charge on any atom is 0.387 e. The van der Waals surface area contributed by atoms with Crippen LogP contribution in [-0.2, 0) is 9.53 Å².